The van der Waals surface area contributed by atoms with E-state index in [2.05, 4.69) is 5.32 Å². The van der Waals surface area contributed by atoms with Gasteiger partial charge in [-0.25, -0.2) is 12.8 Å². The van der Waals surface area contributed by atoms with E-state index < -0.39 is 26.6 Å². The molecule has 1 aliphatic rings. The van der Waals surface area contributed by atoms with Crippen LogP contribution in [0.2, 0.25) is 10.0 Å². The normalized spacial score (nSPS) is 15.6. The molecule has 2 aromatic carbocycles. The Morgan fingerprint density at radius 2 is 1.86 bits per heavy atom. The molecule has 1 heterocycles. The number of nitrogens with zero attached hydrogens (tertiary/aromatic N) is 1. The molecule has 10 heteroatoms. The van der Waals surface area contributed by atoms with Gasteiger partial charge in [0, 0.05) is 34.9 Å². The number of benzene rings is 2. The molecule has 1 amide bonds. The molecule has 29 heavy (non-hydrogen) atoms. The molecule has 1 N–H and O–H groups in total. The lowest BCUT2D eigenvalue weighted by Gasteiger charge is -2.26. The number of ether oxygens (including phenoxy) is 1. The van der Waals surface area contributed by atoms with E-state index in [4.69, 9.17) is 27.9 Å². The van der Waals surface area contributed by atoms with Crippen LogP contribution >= 0.6 is 23.2 Å². The first-order chi connectivity index (χ1) is 13.8. The second-order valence-corrected chi connectivity index (χ2v) is 8.90. The second-order valence-electron chi connectivity index (χ2n) is 6.15. The summed E-state index contributed by atoms with van der Waals surface area (Å²) in [7, 11) is -4.04. The fraction of sp³-hybridized carbons (Fsp3) is 0.211. The smallest absolute Gasteiger partial charge is 0.248 e. The van der Waals surface area contributed by atoms with Crippen molar-refractivity contribution in [2.75, 3.05) is 31.6 Å². The van der Waals surface area contributed by atoms with E-state index in [1.54, 1.807) is 18.2 Å². The van der Waals surface area contributed by atoms with E-state index in [9.17, 15) is 17.6 Å². The molecule has 0 aromatic heterocycles. The van der Waals surface area contributed by atoms with Gasteiger partial charge in [-0.15, -0.1) is 0 Å². The molecule has 1 fully saturated rings. The maximum Gasteiger partial charge on any atom is 0.248 e. The topological polar surface area (TPSA) is 75.7 Å². The van der Waals surface area contributed by atoms with Gasteiger partial charge >= 0.3 is 0 Å². The number of sulfonamides is 1. The third-order valence-corrected chi connectivity index (χ3v) is 6.65. The minimum atomic E-state index is -4.04. The molecule has 1 saturated heterocycles. The standard InChI is InChI=1S/C19H17Cl2FN2O4S/c20-14-2-4-16(21)13(11-14)1-6-19(25)23-15-3-5-17(22)18(12-15)29(26,27)24-7-9-28-10-8-24/h1-6,11-12H,7-10H2,(H,23,25)/b6-1+. The maximum atomic E-state index is 14.2. The van der Waals surface area contributed by atoms with E-state index in [1.165, 1.54) is 18.2 Å². The van der Waals surface area contributed by atoms with Gasteiger partial charge < -0.3 is 10.1 Å². The first-order valence-electron chi connectivity index (χ1n) is 8.59. The number of halogens is 3. The van der Waals surface area contributed by atoms with E-state index in [-0.39, 0.29) is 32.0 Å². The fourth-order valence-electron chi connectivity index (χ4n) is 2.70. The molecule has 0 atom stereocenters. The molecule has 0 unspecified atom stereocenters. The first kappa shape index (κ1) is 21.7. The Kier molecular flexibility index (Phi) is 6.92. The highest BCUT2D eigenvalue weighted by molar-refractivity contribution is 7.89. The van der Waals surface area contributed by atoms with Crippen LogP contribution in [-0.4, -0.2) is 44.9 Å². The summed E-state index contributed by atoms with van der Waals surface area (Å²) in [4.78, 5) is 11.7. The molecule has 1 aliphatic heterocycles. The number of hydrogen-bond donors (Lipinski definition) is 1. The average Bonchev–Trinajstić information content (AvgIpc) is 2.70. The SMILES string of the molecule is O=C(/C=C/c1cc(Cl)ccc1Cl)Nc1ccc(F)c(S(=O)(=O)N2CCOCC2)c1. The number of carbonyl (C=O) groups is 1. The largest absolute Gasteiger partial charge is 0.379 e. The van der Waals surface area contributed by atoms with Crippen molar-refractivity contribution >= 4 is 50.9 Å². The number of morpholine rings is 1. The Bertz CT molecular complexity index is 1050. The molecule has 3 rings (SSSR count). The van der Waals surface area contributed by atoms with Gasteiger partial charge in [0.25, 0.3) is 0 Å². The first-order valence-corrected chi connectivity index (χ1v) is 10.8. The van der Waals surface area contributed by atoms with E-state index in [0.29, 0.717) is 15.6 Å². The average molecular weight is 459 g/mol. The molecular formula is C19H17Cl2FN2O4S. The number of hydrogen-bond acceptors (Lipinski definition) is 4. The van der Waals surface area contributed by atoms with Crippen LogP contribution in [-0.2, 0) is 19.6 Å². The third kappa shape index (κ3) is 5.34. The van der Waals surface area contributed by atoms with Crippen LogP contribution in [0, 0.1) is 5.82 Å². The summed E-state index contributed by atoms with van der Waals surface area (Å²) in [5, 5.41) is 3.39. The van der Waals surface area contributed by atoms with E-state index in [1.807, 2.05) is 0 Å². The van der Waals surface area contributed by atoms with Crippen LogP contribution in [0.1, 0.15) is 5.56 Å². The van der Waals surface area contributed by atoms with Crippen molar-refractivity contribution in [1.29, 1.82) is 0 Å². The molecule has 154 valence electrons. The Balaban J connectivity index is 1.78. The Labute approximate surface area is 177 Å². The minimum Gasteiger partial charge on any atom is -0.379 e. The van der Waals surface area contributed by atoms with Gasteiger partial charge in [-0.05, 0) is 48.0 Å². The molecule has 2 aromatic rings. The van der Waals surface area contributed by atoms with Crippen molar-refractivity contribution in [2.24, 2.45) is 0 Å². The highest BCUT2D eigenvalue weighted by Gasteiger charge is 2.29. The van der Waals surface area contributed by atoms with Crippen molar-refractivity contribution in [3.05, 3.63) is 63.9 Å². The summed E-state index contributed by atoms with van der Waals surface area (Å²) in [6.45, 7) is 0.769. The lowest BCUT2D eigenvalue weighted by molar-refractivity contribution is -0.111. The summed E-state index contributed by atoms with van der Waals surface area (Å²) in [6, 6.07) is 8.20. The van der Waals surface area contributed by atoms with Crippen molar-refractivity contribution in [2.45, 2.75) is 4.90 Å². The zero-order valence-corrected chi connectivity index (χ0v) is 17.4. The van der Waals surface area contributed by atoms with Crippen LogP contribution in [0.4, 0.5) is 10.1 Å². The molecular weight excluding hydrogens is 442 g/mol. The van der Waals surface area contributed by atoms with Crippen molar-refractivity contribution < 1.29 is 22.3 Å². The number of anilines is 1. The summed E-state index contributed by atoms with van der Waals surface area (Å²) >= 11 is 11.9. The van der Waals surface area contributed by atoms with Gasteiger partial charge in [-0.2, -0.15) is 4.31 Å². The van der Waals surface area contributed by atoms with Crippen LogP contribution in [0.25, 0.3) is 6.08 Å². The number of rotatable bonds is 5. The monoisotopic (exact) mass is 458 g/mol. The van der Waals surface area contributed by atoms with Crippen molar-refractivity contribution in [3.63, 3.8) is 0 Å². The van der Waals surface area contributed by atoms with E-state index >= 15 is 0 Å². The zero-order chi connectivity index (χ0) is 21.0. The van der Waals surface area contributed by atoms with Gasteiger partial charge in [-0.3, -0.25) is 4.79 Å². The molecule has 0 bridgehead atoms. The van der Waals surface area contributed by atoms with Crippen LogP contribution in [0.15, 0.2) is 47.4 Å². The zero-order valence-electron chi connectivity index (χ0n) is 15.1. The predicted molar refractivity (Wildman–Crippen MR) is 110 cm³/mol. The summed E-state index contributed by atoms with van der Waals surface area (Å²) in [5.74, 6) is -1.43. The molecule has 0 aliphatic carbocycles. The third-order valence-electron chi connectivity index (χ3n) is 4.16. The quantitative estimate of drug-likeness (QED) is 0.691. The van der Waals surface area contributed by atoms with Gasteiger partial charge in [0.2, 0.25) is 15.9 Å². The number of carbonyl (C=O) groups excluding carboxylic acids is 1. The Morgan fingerprint density at radius 3 is 2.59 bits per heavy atom. The van der Waals surface area contributed by atoms with Crippen LogP contribution in [0.3, 0.4) is 0 Å². The minimum absolute atomic E-state index is 0.140. The maximum absolute atomic E-state index is 14.2. The molecule has 0 saturated carbocycles. The highest BCUT2D eigenvalue weighted by Crippen LogP contribution is 2.24. The number of amides is 1. The molecule has 0 radical (unpaired) electrons. The van der Waals surface area contributed by atoms with Crippen LogP contribution in [0.5, 0.6) is 0 Å². The van der Waals surface area contributed by atoms with Crippen molar-refractivity contribution in [1.82, 2.24) is 4.31 Å². The fourth-order valence-corrected chi connectivity index (χ4v) is 4.56. The van der Waals surface area contributed by atoms with Crippen LogP contribution < -0.4 is 5.32 Å². The number of nitrogens with one attached hydrogen (secondary N) is 1. The Hall–Kier alpha value is -1.97. The highest BCUT2D eigenvalue weighted by atomic mass is 35.5. The lowest BCUT2D eigenvalue weighted by Crippen LogP contribution is -2.40. The molecule has 6 nitrogen and oxygen atoms in total. The summed E-state index contributed by atoms with van der Waals surface area (Å²) < 4.78 is 45.9. The predicted octanol–water partition coefficient (Wildman–Crippen LogP) is 3.81. The van der Waals surface area contributed by atoms with Gasteiger partial charge in [0.1, 0.15) is 10.7 Å². The Morgan fingerprint density at radius 1 is 1.14 bits per heavy atom. The van der Waals surface area contributed by atoms with E-state index in [0.717, 1.165) is 16.4 Å². The summed E-state index contributed by atoms with van der Waals surface area (Å²) in [5.41, 5.74) is 0.689. The van der Waals surface area contributed by atoms with Gasteiger partial charge in [0.15, 0.2) is 0 Å². The second kappa shape index (κ2) is 9.23. The lowest BCUT2D eigenvalue weighted by atomic mass is 10.2. The molecule has 0 spiro atoms. The van der Waals surface area contributed by atoms with Gasteiger partial charge in [0.05, 0.1) is 13.2 Å². The summed E-state index contributed by atoms with van der Waals surface area (Å²) in [6.07, 6.45) is 2.69. The van der Waals surface area contributed by atoms with Crippen molar-refractivity contribution in [3.8, 4) is 0 Å². The van der Waals surface area contributed by atoms with Gasteiger partial charge in [-0.1, -0.05) is 23.2 Å².